The summed E-state index contributed by atoms with van der Waals surface area (Å²) in [6, 6.07) is 16.2. The van der Waals surface area contributed by atoms with Crippen LogP contribution in [0.25, 0.3) is 0 Å². The van der Waals surface area contributed by atoms with Gasteiger partial charge < -0.3 is 0 Å². The smallest absolute Gasteiger partial charge is 0.166 e. The summed E-state index contributed by atoms with van der Waals surface area (Å²) in [6.45, 7) is 2.08. The Balaban J connectivity index is 1.74. The molecule has 0 saturated heterocycles. The summed E-state index contributed by atoms with van der Waals surface area (Å²) in [4.78, 5) is 12.4. The third-order valence-electron chi connectivity index (χ3n) is 3.76. The van der Waals surface area contributed by atoms with E-state index in [2.05, 4.69) is 47.1 Å². The van der Waals surface area contributed by atoms with Gasteiger partial charge in [-0.25, -0.2) is 0 Å². The molecule has 0 radical (unpaired) electrons. The van der Waals surface area contributed by atoms with Gasteiger partial charge in [0.1, 0.15) is 0 Å². The summed E-state index contributed by atoms with van der Waals surface area (Å²) in [5.74, 6) is 0.860. The van der Waals surface area contributed by atoms with Crippen LogP contribution in [0.2, 0.25) is 0 Å². The Bertz CT molecular complexity index is 598. The molecule has 0 N–H and O–H groups in total. The molecule has 1 fully saturated rings. The van der Waals surface area contributed by atoms with E-state index in [4.69, 9.17) is 0 Å². The molecule has 0 aromatic heterocycles. The predicted octanol–water partition coefficient (Wildman–Crippen LogP) is 4.74. The van der Waals surface area contributed by atoms with E-state index in [1.54, 1.807) is 0 Å². The van der Waals surface area contributed by atoms with Gasteiger partial charge in [-0.15, -0.1) is 0 Å². The fourth-order valence-electron chi connectivity index (χ4n) is 2.50. The predicted molar refractivity (Wildman–Crippen MR) is 80.5 cm³/mol. The van der Waals surface area contributed by atoms with E-state index in [1.807, 2.05) is 24.3 Å². The second-order valence-corrected chi connectivity index (χ2v) is 6.15. The van der Waals surface area contributed by atoms with Crippen molar-refractivity contribution in [2.45, 2.75) is 19.3 Å². The van der Waals surface area contributed by atoms with E-state index in [9.17, 15) is 4.79 Å². The first-order valence-corrected chi connectivity index (χ1v) is 7.31. The van der Waals surface area contributed by atoms with Gasteiger partial charge >= 0.3 is 0 Å². The van der Waals surface area contributed by atoms with Crippen molar-refractivity contribution in [3.8, 4) is 0 Å². The van der Waals surface area contributed by atoms with Crippen molar-refractivity contribution >= 4 is 21.7 Å². The van der Waals surface area contributed by atoms with Crippen molar-refractivity contribution in [3.05, 3.63) is 69.7 Å². The van der Waals surface area contributed by atoms with Crippen LogP contribution >= 0.6 is 15.9 Å². The molecule has 0 heterocycles. The molecule has 2 aromatic rings. The third kappa shape index (κ3) is 2.64. The van der Waals surface area contributed by atoms with Gasteiger partial charge in [0.2, 0.25) is 0 Å². The maximum Gasteiger partial charge on any atom is 0.166 e. The summed E-state index contributed by atoms with van der Waals surface area (Å²) in [7, 11) is 0. The number of halogens is 1. The largest absolute Gasteiger partial charge is 0.294 e. The second kappa shape index (κ2) is 4.93. The van der Waals surface area contributed by atoms with Crippen LogP contribution < -0.4 is 0 Å². The molecule has 0 bridgehead atoms. The van der Waals surface area contributed by atoms with Crippen molar-refractivity contribution < 1.29 is 4.79 Å². The van der Waals surface area contributed by atoms with Crippen molar-refractivity contribution in [2.24, 2.45) is 5.92 Å². The normalized spacial score (nSPS) is 21.2. The lowest BCUT2D eigenvalue weighted by atomic mass is 10.0. The third-order valence-corrected chi connectivity index (χ3v) is 4.29. The lowest BCUT2D eigenvalue weighted by Crippen LogP contribution is -2.02. The monoisotopic (exact) mass is 314 g/mol. The number of carbonyl (C=O) groups excluding carboxylic acids is 1. The van der Waals surface area contributed by atoms with Crippen LogP contribution in [0.4, 0.5) is 0 Å². The molecule has 2 unspecified atom stereocenters. The van der Waals surface area contributed by atoms with Crippen molar-refractivity contribution in [1.82, 2.24) is 0 Å². The highest BCUT2D eigenvalue weighted by atomic mass is 79.9. The Labute approximate surface area is 121 Å². The quantitative estimate of drug-likeness (QED) is 0.748. The van der Waals surface area contributed by atoms with Crippen LogP contribution in [0.1, 0.15) is 33.8 Å². The first-order valence-electron chi connectivity index (χ1n) is 6.51. The zero-order chi connectivity index (χ0) is 13.4. The Kier molecular flexibility index (Phi) is 3.28. The molecule has 1 saturated carbocycles. The highest BCUT2D eigenvalue weighted by Gasteiger charge is 2.43. The fourth-order valence-corrected chi connectivity index (χ4v) is 2.76. The molecule has 3 rings (SSSR count). The average molecular weight is 315 g/mol. The van der Waals surface area contributed by atoms with Crippen molar-refractivity contribution in [3.63, 3.8) is 0 Å². The van der Waals surface area contributed by atoms with Gasteiger partial charge in [0.05, 0.1) is 0 Å². The number of hydrogen-bond acceptors (Lipinski definition) is 1. The van der Waals surface area contributed by atoms with Gasteiger partial charge in [-0.2, -0.15) is 0 Å². The minimum atomic E-state index is 0.170. The van der Waals surface area contributed by atoms with Crippen LogP contribution in [0.5, 0.6) is 0 Å². The molecule has 19 heavy (non-hydrogen) atoms. The molecule has 0 spiro atoms. The van der Waals surface area contributed by atoms with Crippen LogP contribution in [0.15, 0.2) is 53.0 Å². The van der Waals surface area contributed by atoms with Gasteiger partial charge in [0.15, 0.2) is 5.78 Å². The van der Waals surface area contributed by atoms with Gasteiger partial charge in [-0.05, 0) is 37.0 Å². The number of benzene rings is 2. The molecule has 96 valence electrons. The van der Waals surface area contributed by atoms with Gasteiger partial charge in [0, 0.05) is 16.0 Å². The summed E-state index contributed by atoms with van der Waals surface area (Å²) in [6.07, 6.45) is 0.984. The zero-order valence-corrected chi connectivity index (χ0v) is 12.4. The molecule has 1 aliphatic rings. The van der Waals surface area contributed by atoms with Gasteiger partial charge in [-0.3, -0.25) is 4.79 Å². The first-order chi connectivity index (χ1) is 9.15. The standard InChI is InChI=1S/C17H15BrO/c1-11-2-4-12(5-3-11)15-10-16(15)17(19)13-6-8-14(18)9-7-13/h2-9,15-16H,10H2,1H3. The second-order valence-electron chi connectivity index (χ2n) is 5.23. The van der Waals surface area contributed by atoms with E-state index < -0.39 is 0 Å². The number of hydrogen-bond donors (Lipinski definition) is 0. The number of carbonyl (C=O) groups is 1. The molecule has 1 nitrogen and oxygen atoms in total. The van der Waals surface area contributed by atoms with E-state index >= 15 is 0 Å². The van der Waals surface area contributed by atoms with Crippen molar-refractivity contribution in [1.29, 1.82) is 0 Å². The van der Waals surface area contributed by atoms with E-state index in [0.29, 0.717) is 5.92 Å². The highest BCUT2D eigenvalue weighted by Crippen LogP contribution is 2.49. The highest BCUT2D eigenvalue weighted by molar-refractivity contribution is 9.10. The Morgan fingerprint density at radius 1 is 1.05 bits per heavy atom. The molecule has 2 aromatic carbocycles. The number of rotatable bonds is 3. The molecular weight excluding hydrogens is 300 g/mol. The molecular formula is C17H15BrO. The average Bonchev–Trinajstić information content (AvgIpc) is 3.20. The maximum absolute atomic E-state index is 12.4. The SMILES string of the molecule is Cc1ccc(C2CC2C(=O)c2ccc(Br)cc2)cc1. The van der Waals surface area contributed by atoms with Gasteiger partial charge in [0.25, 0.3) is 0 Å². The molecule has 2 atom stereocenters. The van der Waals surface area contributed by atoms with Crippen molar-refractivity contribution in [2.75, 3.05) is 0 Å². The van der Waals surface area contributed by atoms with Crippen LogP contribution in [0, 0.1) is 12.8 Å². The minimum absolute atomic E-state index is 0.170. The van der Waals surface area contributed by atoms with Crippen LogP contribution in [-0.4, -0.2) is 5.78 Å². The zero-order valence-electron chi connectivity index (χ0n) is 10.8. The number of ketones is 1. The van der Waals surface area contributed by atoms with E-state index in [1.165, 1.54) is 11.1 Å². The minimum Gasteiger partial charge on any atom is -0.294 e. The summed E-state index contributed by atoms with van der Waals surface area (Å²) < 4.78 is 1.01. The van der Waals surface area contributed by atoms with E-state index in [-0.39, 0.29) is 11.7 Å². The molecule has 0 amide bonds. The summed E-state index contributed by atoms with van der Waals surface area (Å²) in [5, 5.41) is 0. The lowest BCUT2D eigenvalue weighted by molar-refractivity contribution is 0.0965. The van der Waals surface area contributed by atoms with Crippen LogP contribution in [0.3, 0.4) is 0 Å². The van der Waals surface area contributed by atoms with Gasteiger partial charge in [-0.1, -0.05) is 57.9 Å². The Hall–Kier alpha value is -1.41. The van der Waals surface area contributed by atoms with Crippen LogP contribution in [-0.2, 0) is 0 Å². The van der Waals surface area contributed by atoms with E-state index in [0.717, 1.165) is 16.5 Å². The summed E-state index contributed by atoms with van der Waals surface area (Å²) in [5.41, 5.74) is 3.38. The topological polar surface area (TPSA) is 17.1 Å². The molecule has 1 aliphatic carbocycles. The fraction of sp³-hybridized carbons (Fsp3) is 0.235. The maximum atomic E-state index is 12.4. The Morgan fingerprint density at radius 2 is 1.68 bits per heavy atom. The number of Topliss-reactive ketones (excluding diaryl/α,β-unsaturated/α-hetero) is 1. The molecule has 0 aliphatic heterocycles. The number of aryl methyl sites for hydroxylation is 1. The Morgan fingerprint density at radius 3 is 2.32 bits per heavy atom. The molecule has 2 heteroatoms. The first kappa shape index (κ1) is 12.6. The summed E-state index contributed by atoms with van der Waals surface area (Å²) >= 11 is 3.39. The lowest BCUT2D eigenvalue weighted by Gasteiger charge is -2.02.